The largest absolute Gasteiger partial charge is 0.480 e. The van der Waals surface area contributed by atoms with Gasteiger partial charge in [-0.05, 0) is 12.1 Å². The molecule has 0 fully saturated rings. The number of carboxylic acid groups (broad SMARTS) is 2. The Bertz CT molecular complexity index is 817. The van der Waals surface area contributed by atoms with Crippen molar-refractivity contribution >= 4 is 22.8 Å². The molecule has 2 aromatic rings. The van der Waals surface area contributed by atoms with E-state index in [0.29, 0.717) is 4.57 Å². The van der Waals surface area contributed by atoms with Gasteiger partial charge in [-0.2, -0.15) is 0 Å². The fourth-order valence-electron chi connectivity index (χ4n) is 1.93. The predicted octanol–water partition coefficient (Wildman–Crippen LogP) is -0.668. The lowest BCUT2D eigenvalue weighted by Crippen LogP contribution is -2.42. The van der Waals surface area contributed by atoms with Gasteiger partial charge in [0, 0.05) is 0 Å². The summed E-state index contributed by atoms with van der Waals surface area (Å²) >= 11 is 0. The zero-order chi connectivity index (χ0) is 14.9. The van der Waals surface area contributed by atoms with E-state index in [-0.39, 0.29) is 10.9 Å². The molecule has 1 aromatic carbocycles. The molecule has 8 heteroatoms. The van der Waals surface area contributed by atoms with Gasteiger partial charge in [0.25, 0.3) is 5.56 Å². The number of aliphatic carboxylic acids is 2. The lowest BCUT2D eigenvalue weighted by molar-refractivity contribution is -0.138. The zero-order valence-electron chi connectivity index (χ0n) is 10.1. The molecule has 1 aromatic heterocycles. The Balaban J connectivity index is 2.88. The van der Waals surface area contributed by atoms with E-state index in [1.165, 1.54) is 12.1 Å². The third-order valence-electron chi connectivity index (χ3n) is 2.72. The van der Waals surface area contributed by atoms with Gasteiger partial charge in [-0.25, -0.2) is 9.36 Å². The normalized spacial score (nSPS) is 10.6. The summed E-state index contributed by atoms with van der Waals surface area (Å²) in [5, 5.41) is 17.7. The molecule has 0 spiro atoms. The third kappa shape index (κ3) is 2.30. The molecule has 2 rings (SSSR count). The van der Waals surface area contributed by atoms with Crippen LogP contribution in [0.1, 0.15) is 0 Å². The summed E-state index contributed by atoms with van der Waals surface area (Å²) in [5.41, 5.74) is -1.56. The van der Waals surface area contributed by atoms with Gasteiger partial charge in [0.15, 0.2) is 0 Å². The van der Waals surface area contributed by atoms with Gasteiger partial charge in [-0.3, -0.25) is 19.0 Å². The van der Waals surface area contributed by atoms with Gasteiger partial charge in [0.05, 0.1) is 10.9 Å². The summed E-state index contributed by atoms with van der Waals surface area (Å²) in [6.07, 6.45) is 0. The van der Waals surface area contributed by atoms with E-state index < -0.39 is 36.3 Å². The van der Waals surface area contributed by atoms with Crippen molar-refractivity contribution in [3.63, 3.8) is 0 Å². The first-order valence-electron chi connectivity index (χ1n) is 5.58. The van der Waals surface area contributed by atoms with Crippen LogP contribution in [-0.2, 0) is 22.7 Å². The van der Waals surface area contributed by atoms with Crippen LogP contribution in [0.4, 0.5) is 0 Å². The fourth-order valence-corrected chi connectivity index (χ4v) is 1.93. The molecule has 0 atom stereocenters. The number of hydrogen-bond acceptors (Lipinski definition) is 4. The molecule has 0 saturated carbocycles. The molecule has 0 radical (unpaired) electrons. The molecule has 0 amide bonds. The van der Waals surface area contributed by atoms with E-state index in [1.54, 1.807) is 12.1 Å². The molecule has 0 aliphatic heterocycles. The van der Waals surface area contributed by atoms with Crippen LogP contribution in [-0.4, -0.2) is 31.3 Å². The van der Waals surface area contributed by atoms with Crippen molar-refractivity contribution in [1.29, 1.82) is 0 Å². The molecule has 0 aliphatic carbocycles. The second-order valence-corrected chi connectivity index (χ2v) is 4.06. The number of nitrogens with zero attached hydrogens (tertiary/aromatic N) is 2. The second-order valence-electron chi connectivity index (χ2n) is 4.06. The zero-order valence-corrected chi connectivity index (χ0v) is 10.1. The van der Waals surface area contributed by atoms with Crippen molar-refractivity contribution in [2.24, 2.45) is 0 Å². The maximum absolute atomic E-state index is 12.1. The predicted molar refractivity (Wildman–Crippen MR) is 67.7 cm³/mol. The van der Waals surface area contributed by atoms with Crippen LogP contribution in [0.25, 0.3) is 10.9 Å². The van der Waals surface area contributed by atoms with Crippen molar-refractivity contribution in [3.8, 4) is 0 Å². The number of rotatable bonds is 4. The Labute approximate surface area is 111 Å². The lowest BCUT2D eigenvalue weighted by Gasteiger charge is -2.11. The SMILES string of the molecule is O=C(O)Cn1c(=O)c2ccccc2n(CC(=O)O)c1=O. The van der Waals surface area contributed by atoms with Gasteiger partial charge >= 0.3 is 17.6 Å². The molecule has 20 heavy (non-hydrogen) atoms. The van der Waals surface area contributed by atoms with Crippen LogP contribution in [0.15, 0.2) is 33.9 Å². The van der Waals surface area contributed by atoms with Crippen LogP contribution in [0.5, 0.6) is 0 Å². The molecule has 0 saturated heterocycles. The van der Waals surface area contributed by atoms with Gasteiger partial charge in [-0.1, -0.05) is 12.1 Å². The molecule has 104 valence electrons. The van der Waals surface area contributed by atoms with Gasteiger partial charge in [-0.15, -0.1) is 0 Å². The number of carboxylic acids is 2. The topological polar surface area (TPSA) is 119 Å². The first-order valence-corrected chi connectivity index (χ1v) is 5.58. The first-order chi connectivity index (χ1) is 9.41. The summed E-state index contributed by atoms with van der Waals surface area (Å²) in [4.78, 5) is 45.7. The van der Waals surface area contributed by atoms with Crippen molar-refractivity contribution < 1.29 is 19.8 Å². The minimum absolute atomic E-state index is 0.0922. The quantitative estimate of drug-likeness (QED) is 0.765. The number of fused-ring (bicyclic) bond motifs is 1. The maximum Gasteiger partial charge on any atom is 0.332 e. The van der Waals surface area contributed by atoms with E-state index >= 15 is 0 Å². The highest BCUT2D eigenvalue weighted by Crippen LogP contribution is 2.07. The smallest absolute Gasteiger partial charge is 0.332 e. The van der Waals surface area contributed by atoms with Crippen LogP contribution in [0.2, 0.25) is 0 Å². The minimum atomic E-state index is -1.36. The molecule has 2 N–H and O–H groups in total. The molecular formula is C12H10N2O6. The second kappa shape index (κ2) is 5.00. The van der Waals surface area contributed by atoms with E-state index in [2.05, 4.69) is 0 Å². The summed E-state index contributed by atoms with van der Waals surface area (Å²) in [7, 11) is 0. The molecule has 0 aliphatic rings. The number of hydrogen-bond donors (Lipinski definition) is 2. The van der Waals surface area contributed by atoms with Crippen LogP contribution >= 0.6 is 0 Å². The van der Waals surface area contributed by atoms with Crippen LogP contribution in [0.3, 0.4) is 0 Å². The summed E-state index contributed by atoms with van der Waals surface area (Å²) in [6, 6.07) is 5.95. The summed E-state index contributed by atoms with van der Waals surface area (Å²) in [6.45, 7) is -1.47. The highest BCUT2D eigenvalue weighted by molar-refractivity contribution is 5.80. The Kier molecular flexibility index (Phi) is 3.38. The Morgan fingerprint density at radius 1 is 0.950 bits per heavy atom. The van der Waals surface area contributed by atoms with E-state index in [9.17, 15) is 19.2 Å². The number of benzene rings is 1. The van der Waals surface area contributed by atoms with Gasteiger partial charge < -0.3 is 10.2 Å². The van der Waals surface area contributed by atoms with Crippen LogP contribution in [0, 0.1) is 0 Å². The molecule has 1 heterocycles. The third-order valence-corrected chi connectivity index (χ3v) is 2.72. The molecule has 8 nitrogen and oxygen atoms in total. The highest BCUT2D eigenvalue weighted by atomic mass is 16.4. The van der Waals surface area contributed by atoms with E-state index in [1.807, 2.05) is 0 Å². The standard InChI is InChI=1S/C12H10N2O6/c15-9(16)5-13-8-4-2-1-3-7(8)11(19)14(12(13)20)6-10(17)18/h1-4H,5-6H2,(H,15,16)(H,17,18). The van der Waals surface area contributed by atoms with Gasteiger partial charge in [0.1, 0.15) is 13.1 Å². The molecule has 0 unspecified atom stereocenters. The molecule has 0 bridgehead atoms. The number of carbonyl (C=O) groups is 2. The number of para-hydroxylation sites is 1. The van der Waals surface area contributed by atoms with E-state index in [0.717, 1.165) is 4.57 Å². The van der Waals surface area contributed by atoms with Crippen molar-refractivity contribution in [1.82, 2.24) is 9.13 Å². The van der Waals surface area contributed by atoms with Gasteiger partial charge in [0.2, 0.25) is 0 Å². The van der Waals surface area contributed by atoms with Crippen molar-refractivity contribution in [2.75, 3.05) is 0 Å². The van der Waals surface area contributed by atoms with Crippen molar-refractivity contribution in [3.05, 3.63) is 45.1 Å². The highest BCUT2D eigenvalue weighted by Gasteiger charge is 2.16. The van der Waals surface area contributed by atoms with Crippen LogP contribution < -0.4 is 11.2 Å². The fraction of sp³-hybridized carbons (Fsp3) is 0.167. The average Bonchev–Trinajstić information content (AvgIpc) is 2.39. The minimum Gasteiger partial charge on any atom is -0.480 e. The first kappa shape index (κ1) is 13.5. The summed E-state index contributed by atoms with van der Waals surface area (Å²) in [5.74, 6) is -2.63. The average molecular weight is 278 g/mol. The lowest BCUT2D eigenvalue weighted by atomic mass is 10.2. The maximum atomic E-state index is 12.1. The summed E-state index contributed by atoms with van der Waals surface area (Å²) < 4.78 is 1.37. The molecular weight excluding hydrogens is 268 g/mol. The monoisotopic (exact) mass is 278 g/mol. The van der Waals surface area contributed by atoms with E-state index in [4.69, 9.17) is 10.2 Å². The number of aromatic nitrogens is 2. The Morgan fingerprint density at radius 2 is 1.50 bits per heavy atom. The Hall–Kier alpha value is -2.90. The Morgan fingerprint density at radius 3 is 2.10 bits per heavy atom. The van der Waals surface area contributed by atoms with Crippen molar-refractivity contribution in [2.45, 2.75) is 13.1 Å².